The Bertz CT molecular complexity index is 1680. The molecule has 1 aliphatic rings. The number of hydrogen-bond donors (Lipinski definition) is 3. The molecule has 0 spiro atoms. The van der Waals surface area contributed by atoms with Gasteiger partial charge in [-0.3, -0.25) is 4.90 Å². The number of morpholine rings is 1. The largest absolute Gasteiger partial charge is 0.379 e. The van der Waals surface area contributed by atoms with Gasteiger partial charge in [-0.1, -0.05) is 36.4 Å². The van der Waals surface area contributed by atoms with E-state index in [0.717, 1.165) is 43.6 Å². The number of nitrogens with zero attached hydrogens (tertiary/aromatic N) is 5. The van der Waals surface area contributed by atoms with Crippen molar-refractivity contribution in [1.29, 1.82) is 0 Å². The van der Waals surface area contributed by atoms with Gasteiger partial charge in [0.2, 0.25) is 5.95 Å². The SMILES string of the molecule is Cn1nc(-c2ccc(NC(=O)Nc3ccc4ccccc4c3)c(F)c2)c2cnc(NCCN3CCOCC3)nc21. The summed E-state index contributed by atoms with van der Waals surface area (Å²) in [5.41, 5.74) is 2.42. The number of hydrogen-bond acceptors (Lipinski definition) is 7. The summed E-state index contributed by atoms with van der Waals surface area (Å²) in [5.74, 6) is -0.0641. The second-order valence-corrected chi connectivity index (χ2v) is 9.62. The number of carbonyl (C=O) groups excluding carboxylic acids is 1. The summed E-state index contributed by atoms with van der Waals surface area (Å²) >= 11 is 0. The molecule has 2 amide bonds. The van der Waals surface area contributed by atoms with Crippen molar-refractivity contribution in [3.05, 3.63) is 72.7 Å². The number of aryl methyl sites for hydroxylation is 1. The topological polar surface area (TPSA) is 109 Å². The van der Waals surface area contributed by atoms with E-state index < -0.39 is 11.8 Å². The molecule has 6 rings (SSSR count). The maximum atomic E-state index is 15.1. The normalized spacial score (nSPS) is 13.9. The van der Waals surface area contributed by atoms with E-state index in [0.29, 0.717) is 40.5 Å². The molecule has 0 aliphatic carbocycles. The Morgan fingerprint density at radius 3 is 2.67 bits per heavy atom. The van der Waals surface area contributed by atoms with Crippen LogP contribution in [0, 0.1) is 5.82 Å². The van der Waals surface area contributed by atoms with Gasteiger partial charge in [-0.25, -0.2) is 18.9 Å². The summed E-state index contributed by atoms with van der Waals surface area (Å²) in [4.78, 5) is 24.0. The van der Waals surface area contributed by atoms with Gasteiger partial charge in [0.25, 0.3) is 0 Å². The Morgan fingerprint density at radius 1 is 1.02 bits per heavy atom. The molecule has 40 heavy (non-hydrogen) atoms. The fourth-order valence-corrected chi connectivity index (χ4v) is 4.80. The van der Waals surface area contributed by atoms with Crippen LogP contribution >= 0.6 is 0 Å². The van der Waals surface area contributed by atoms with Crippen LogP contribution in [0.5, 0.6) is 0 Å². The standard InChI is InChI=1S/C29H29FN8O2/c1-37-27-23(18-32-28(35-27)31-10-11-38-12-14-40-15-13-38)26(36-37)21-7-9-25(24(30)17-21)34-29(39)33-22-8-6-19-4-2-3-5-20(19)16-22/h2-9,16-18H,10-15H2,1H3,(H,31,32,35)(H2,33,34,39). The van der Waals surface area contributed by atoms with E-state index in [1.54, 1.807) is 30.1 Å². The second-order valence-electron chi connectivity index (χ2n) is 9.62. The Kier molecular flexibility index (Phi) is 7.21. The van der Waals surface area contributed by atoms with E-state index in [2.05, 4.69) is 35.9 Å². The predicted octanol–water partition coefficient (Wildman–Crippen LogP) is 4.71. The highest BCUT2D eigenvalue weighted by Gasteiger charge is 2.16. The van der Waals surface area contributed by atoms with E-state index in [4.69, 9.17) is 4.74 Å². The van der Waals surface area contributed by atoms with Crippen LogP contribution in [0.15, 0.2) is 66.9 Å². The first kappa shape index (κ1) is 25.7. The maximum absolute atomic E-state index is 15.1. The highest BCUT2D eigenvalue weighted by Crippen LogP contribution is 2.29. The number of fused-ring (bicyclic) bond motifs is 2. The molecule has 3 N–H and O–H groups in total. The fraction of sp³-hybridized carbons (Fsp3) is 0.241. The molecule has 204 valence electrons. The molecular formula is C29H29FN8O2. The lowest BCUT2D eigenvalue weighted by atomic mass is 10.1. The Hall–Kier alpha value is -4.61. The van der Waals surface area contributed by atoms with Crippen molar-refractivity contribution in [2.24, 2.45) is 7.05 Å². The number of aromatic nitrogens is 4. The number of carbonyl (C=O) groups is 1. The highest BCUT2D eigenvalue weighted by atomic mass is 19.1. The molecule has 1 fully saturated rings. The number of anilines is 3. The zero-order chi connectivity index (χ0) is 27.5. The van der Waals surface area contributed by atoms with E-state index in [1.165, 1.54) is 12.1 Å². The van der Waals surface area contributed by atoms with Crippen LogP contribution in [0.1, 0.15) is 0 Å². The Balaban J connectivity index is 1.13. The van der Waals surface area contributed by atoms with Crippen LogP contribution in [0.4, 0.5) is 26.5 Å². The van der Waals surface area contributed by atoms with Crippen molar-refractivity contribution in [2.45, 2.75) is 0 Å². The average Bonchev–Trinajstić information content (AvgIpc) is 3.30. The van der Waals surface area contributed by atoms with E-state index >= 15 is 4.39 Å². The Morgan fingerprint density at radius 2 is 1.85 bits per heavy atom. The van der Waals surface area contributed by atoms with E-state index in [9.17, 15) is 4.79 Å². The minimum atomic E-state index is -0.577. The number of urea groups is 1. The molecule has 3 heterocycles. The summed E-state index contributed by atoms with van der Waals surface area (Å²) in [6.45, 7) is 4.96. The van der Waals surface area contributed by atoms with Gasteiger partial charge < -0.3 is 20.7 Å². The molecule has 0 bridgehead atoms. The molecule has 0 atom stereocenters. The molecule has 1 aliphatic heterocycles. The summed E-state index contributed by atoms with van der Waals surface area (Å²) in [5, 5.41) is 15.9. The monoisotopic (exact) mass is 540 g/mol. The third-order valence-electron chi connectivity index (χ3n) is 6.89. The third kappa shape index (κ3) is 5.56. The lowest BCUT2D eigenvalue weighted by Crippen LogP contribution is -2.39. The molecule has 5 aromatic rings. The molecule has 11 heteroatoms. The van der Waals surface area contributed by atoms with Gasteiger partial charge in [0.05, 0.1) is 24.3 Å². The third-order valence-corrected chi connectivity index (χ3v) is 6.89. The lowest BCUT2D eigenvalue weighted by Gasteiger charge is -2.26. The average molecular weight is 541 g/mol. The maximum Gasteiger partial charge on any atom is 0.323 e. The van der Waals surface area contributed by atoms with Crippen LogP contribution in [-0.2, 0) is 11.8 Å². The quantitative estimate of drug-likeness (QED) is 0.274. The molecular weight excluding hydrogens is 511 g/mol. The zero-order valence-corrected chi connectivity index (χ0v) is 22.0. The molecule has 0 unspecified atom stereocenters. The number of benzene rings is 3. The van der Waals surface area contributed by atoms with Gasteiger partial charge >= 0.3 is 6.03 Å². The highest BCUT2D eigenvalue weighted by molar-refractivity contribution is 6.01. The van der Waals surface area contributed by atoms with Gasteiger partial charge in [-0.05, 0) is 35.0 Å². The van der Waals surface area contributed by atoms with Crippen molar-refractivity contribution >= 4 is 45.2 Å². The molecule has 3 aromatic carbocycles. The number of ether oxygens (including phenoxy) is 1. The minimum absolute atomic E-state index is 0.0604. The second kappa shape index (κ2) is 11.2. The van der Waals surface area contributed by atoms with Gasteiger partial charge in [0, 0.05) is 50.7 Å². The van der Waals surface area contributed by atoms with Crippen molar-refractivity contribution in [1.82, 2.24) is 24.6 Å². The van der Waals surface area contributed by atoms with Gasteiger partial charge in [-0.2, -0.15) is 10.1 Å². The van der Waals surface area contributed by atoms with Gasteiger partial charge in [0.15, 0.2) is 5.65 Å². The summed E-state index contributed by atoms with van der Waals surface area (Å²) in [6, 6.07) is 17.5. The van der Waals surface area contributed by atoms with Crippen molar-refractivity contribution in [3.8, 4) is 11.3 Å². The smallest absolute Gasteiger partial charge is 0.323 e. The number of rotatable bonds is 7. The molecule has 10 nitrogen and oxygen atoms in total. The van der Waals surface area contributed by atoms with Crippen LogP contribution in [0.25, 0.3) is 33.1 Å². The zero-order valence-electron chi connectivity index (χ0n) is 22.0. The first-order valence-electron chi connectivity index (χ1n) is 13.1. The van der Waals surface area contributed by atoms with Gasteiger partial charge in [-0.15, -0.1) is 0 Å². The lowest BCUT2D eigenvalue weighted by molar-refractivity contribution is 0.0398. The summed E-state index contributed by atoms with van der Waals surface area (Å²) in [7, 11) is 1.79. The summed E-state index contributed by atoms with van der Waals surface area (Å²) < 4.78 is 22.1. The Labute approximate surface area is 230 Å². The first-order valence-corrected chi connectivity index (χ1v) is 13.1. The molecule has 0 saturated carbocycles. The van der Waals surface area contributed by atoms with Crippen molar-refractivity contribution < 1.29 is 13.9 Å². The number of nitrogens with one attached hydrogen (secondary N) is 3. The summed E-state index contributed by atoms with van der Waals surface area (Å²) in [6.07, 6.45) is 1.70. The fourth-order valence-electron chi connectivity index (χ4n) is 4.80. The number of amides is 2. The number of halogens is 1. The molecule has 2 aromatic heterocycles. The van der Waals surface area contributed by atoms with Gasteiger partial charge in [0.1, 0.15) is 11.5 Å². The van der Waals surface area contributed by atoms with Crippen LogP contribution in [-0.4, -0.2) is 70.1 Å². The van der Waals surface area contributed by atoms with E-state index in [-0.39, 0.29) is 5.69 Å². The van der Waals surface area contributed by atoms with Crippen LogP contribution in [0.2, 0.25) is 0 Å². The van der Waals surface area contributed by atoms with Crippen LogP contribution < -0.4 is 16.0 Å². The van der Waals surface area contributed by atoms with E-state index in [1.807, 2.05) is 36.4 Å². The van der Waals surface area contributed by atoms with Crippen molar-refractivity contribution in [3.63, 3.8) is 0 Å². The predicted molar refractivity (Wildman–Crippen MR) is 154 cm³/mol. The first-order chi connectivity index (χ1) is 19.5. The molecule has 0 radical (unpaired) electrons. The minimum Gasteiger partial charge on any atom is -0.379 e. The molecule has 1 saturated heterocycles. The van der Waals surface area contributed by atoms with Crippen LogP contribution in [0.3, 0.4) is 0 Å². The van der Waals surface area contributed by atoms with Crippen molar-refractivity contribution in [2.75, 3.05) is 55.3 Å².